The van der Waals surface area contributed by atoms with E-state index >= 15 is 0 Å². The number of hydroxylamine groups is 1. The SMILES string of the molecule is CCCCCSc1nc2ccc(S(=O)(=O)N[C@@H](C(=O)NO)C(C)C)cc2s1. The molecule has 0 aliphatic rings. The number of fused-ring (bicyclic) bond motifs is 1. The van der Waals surface area contributed by atoms with Crippen LogP contribution in [0.15, 0.2) is 27.4 Å². The van der Waals surface area contributed by atoms with Crippen LogP contribution in [-0.4, -0.2) is 36.3 Å². The Morgan fingerprint density at radius 1 is 1.33 bits per heavy atom. The van der Waals surface area contributed by atoms with Gasteiger partial charge in [0, 0.05) is 5.75 Å². The fraction of sp³-hybridized carbons (Fsp3) is 0.529. The average molecular weight is 432 g/mol. The molecule has 150 valence electrons. The first kappa shape index (κ1) is 22.1. The Morgan fingerprint density at radius 2 is 2.07 bits per heavy atom. The second-order valence-electron chi connectivity index (χ2n) is 6.48. The molecule has 1 heterocycles. The number of carbonyl (C=O) groups is 1. The molecule has 0 fully saturated rings. The molecule has 1 atom stereocenters. The molecule has 0 radical (unpaired) electrons. The molecule has 0 spiro atoms. The van der Waals surface area contributed by atoms with Gasteiger partial charge in [-0.15, -0.1) is 11.3 Å². The van der Waals surface area contributed by atoms with Gasteiger partial charge in [0.25, 0.3) is 5.91 Å². The van der Waals surface area contributed by atoms with Crippen molar-refractivity contribution < 1.29 is 18.4 Å². The van der Waals surface area contributed by atoms with Crippen LogP contribution < -0.4 is 10.2 Å². The van der Waals surface area contributed by atoms with Crippen molar-refractivity contribution in [2.45, 2.75) is 55.3 Å². The molecule has 0 unspecified atom stereocenters. The van der Waals surface area contributed by atoms with E-state index in [0.29, 0.717) is 0 Å². The summed E-state index contributed by atoms with van der Waals surface area (Å²) in [5, 5.41) is 8.83. The van der Waals surface area contributed by atoms with Crippen LogP contribution in [0.1, 0.15) is 40.0 Å². The first-order chi connectivity index (χ1) is 12.8. The van der Waals surface area contributed by atoms with E-state index in [9.17, 15) is 13.2 Å². The smallest absolute Gasteiger partial charge is 0.261 e. The number of benzene rings is 1. The van der Waals surface area contributed by atoms with Crippen LogP contribution >= 0.6 is 23.1 Å². The second kappa shape index (κ2) is 9.83. The number of thioether (sulfide) groups is 1. The van der Waals surface area contributed by atoms with Crippen LogP contribution in [0.4, 0.5) is 0 Å². The molecule has 0 saturated carbocycles. The van der Waals surface area contributed by atoms with Crippen LogP contribution in [0.5, 0.6) is 0 Å². The third kappa shape index (κ3) is 5.89. The minimum atomic E-state index is -3.92. The minimum absolute atomic E-state index is 0.0672. The fourth-order valence-electron chi connectivity index (χ4n) is 2.42. The highest BCUT2D eigenvalue weighted by atomic mass is 32.2. The van der Waals surface area contributed by atoms with Gasteiger partial charge in [0.05, 0.1) is 15.1 Å². The summed E-state index contributed by atoms with van der Waals surface area (Å²) in [4.78, 5) is 16.3. The zero-order valence-corrected chi connectivity index (χ0v) is 18.0. The lowest BCUT2D eigenvalue weighted by molar-refractivity contribution is -0.131. The van der Waals surface area contributed by atoms with E-state index in [-0.39, 0.29) is 10.8 Å². The van der Waals surface area contributed by atoms with Crippen LogP contribution in [0.25, 0.3) is 10.2 Å². The largest absolute Gasteiger partial charge is 0.289 e. The summed E-state index contributed by atoms with van der Waals surface area (Å²) in [6.45, 7) is 5.54. The van der Waals surface area contributed by atoms with Gasteiger partial charge in [-0.3, -0.25) is 10.0 Å². The van der Waals surface area contributed by atoms with E-state index in [1.807, 2.05) is 0 Å². The lowest BCUT2D eigenvalue weighted by atomic mass is 10.1. The molecule has 27 heavy (non-hydrogen) atoms. The standard InChI is InChI=1S/C17H25N3O4S3/c1-4-5-6-9-25-17-18-13-8-7-12(10-14(13)26-17)27(23,24)20-15(11(2)3)16(21)19-22/h7-8,10-11,15,20,22H,4-6,9H2,1-3H3,(H,19,21)/t15-/m1/s1. The summed E-state index contributed by atoms with van der Waals surface area (Å²) in [6, 6.07) is 3.65. The van der Waals surface area contributed by atoms with E-state index in [2.05, 4.69) is 16.6 Å². The van der Waals surface area contributed by atoms with E-state index in [1.165, 1.54) is 35.7 Å². The zero-order chi connectivity index (χ0) is 20.0. The van der Waals surface area contributed by atoms with Crippen molar-refractivity contribution in [2.75, 3.05) is 5.75 Å². The van der Waals surface area contributed by atoms with Crippen molar-refractivity contribution in [3.05, 3.63) is 18.2 Å². The van der Waals surface area contributed by atoms with Crippen LogP contribution in [0, 0.1) is 5.92 Å². The van der Waals surface area contributed by atoms with E-state index in [1.54, 1.807) is 37.7 Å². The molecule has 1 aromatic heterocycles. The lowest BCUT2D eigenvalue weighted by Gasteiger charge is -2.20. The monoisotopic (exact) mass is 431 g/mol. The van der Waals surface area contributed by atoms with Crippen molar-refractivity contribution in [1.29, 1.82) is 0 Å². The molecular weight excluding hydrogens is 406 g/mol. The Kier molecular flexibility index (Phi) is 8.04. The first-order valence-corrected chi connectivity index (χ1v) is 12.1. The van der Waals surface area contributed by atoms with Crippen molar-refractivity contribution in [1.82, 2.24) is 15.2 Å². The predicted molar refractivity (Wildman–Crippen MR) is 109 cm³/mol. The Bertz CT molecular complexity index is 881. The van der Waals surface area contributed by atoms with E-state index < -0.39 is 22.0 Å². The van der Waals surface area contributed by atoms with Gasteiger partial charge in [-0.05, 0) is 30.5 Å². The molecule has 0 aliphatic carbocycles. The summed E-state index contributed by atoms with van der Waals surface area (Å²) in [6.07, 6.45) is 3.48. The molecule has 2 aromatic rings. The normalized spacial score (nSPS) is 13.2. The maximum absolute atomic E-state index is 12.7. The van der Waals surface area contributed by atoms with Crippen molar-refractivity contribution in [2.24, 2.45) is 5.92 Å². The van der Waals surface area contributed by atoms with E-state index in [4.69, 9.17) is 5.21 Å². The summed E-state index contributed by atoms with van der Waals surface area (Å²) in [7, 11) is -3.92. The van der Waals surface area contributed by atoms with Gasteiger partial charge in [-0.1, -0.05) is 45.4 Å². The molecular formula is C17H25N3O4S3. The van der Waals surface area contributed by atoms with Gasteiger partial charge in [-0.25, -0.2) is 18.9 Å². The topological polar surface area (TPSA) is 108 Å². The van der Waals surface area contributed by atoms with Gasteiger partial charge in [-0.2, -0.15) is 4.72 Å². The molecule has 0 saturated heterocycles. The number of aromatic nitrogens is 1. The molecule has 3 N–H and O–H groups in total. The summed E-state index contributed by atoms with van der Waals surface area (Å²) < 4.78 is 29.4. The number of nitrogens with one attached hydrogen (secondary N) is 2. The molecule has 1 amide bonds. The summed E-state index contributed by atoms with van der Waals surface area (Å²) in [5.41, 5.74) is 2.26. The number of hydrogen-bond donors (Lipinski definition) is 3. The number of carbonyl (C=O) groups excluding carboxylic acids is 1. The molecule has 7 nitrogen and oxygen atoms in total. The summed E-state index contributed by atoms with van der Waals surface area (Å²) >= 11 is 3.14. The lowest BCUT2D eigenvalue weighted by Crippen LogP contribution is -2.48. The molecule has 10 heteroatoms. The number of unbranched alkanes of at least 4 members (excludes halogenated alkanes) is 2. The third-order valence-corrected chi connectivity index (χ3v) is 7.65. The van der Waals surface area contributed by atoms with Gasteiger partial charge in [0.15, 0.2) is 4.34 Å². The Labute approximate surface area is 168 Å². The highest BCUT2D eigenvalue weighted by Crippen LogP contribution is 2.31. The van der Waals surface area contributed by atoms with E-state index in [0.717, 1.165) is 26.7 Å². The quantitative estimate of drug-likeness (QED) is 0.230. The molecule has 0 bridgehead atoms. The third-order valence-electron chi connectivity index (χ3n) is 3.97. The molecule has 0 aliphatic heterocycles. The second-order valence-corrected chi connectivity index (χ2v) is 10.6. The number of nitrogens with zero attached hydrogens (tertiary/aromatic N) is 1. The molecule has 1 aromatic carbocycles. The highest BCUT2D eigenvalue weighted by molar-refractivity contribution is 8.01. The zero-order valence-electron chi connectivity index (χ0n) is 15.6. The molecule has 2 rings (SSSR count). The predicted octanol–water partition coefficient (Wildman–Crippen LogP) is 3.39. The summed E-state index contributed by atoms with van der Waals surface area (Å²) in [5.74, 6) is -0.129. The van der Waals surface area contributed by atoms with Crippen LogP contribution in [0.2, 0.25) is 0 Å². The number of hydrogen-bond acceptors (Lipinski definition) is 7. The number of sulfonamides is 1. The Hall–Kier alpha value is -1.20. The van der Waals surface area contributed by atoms with Gasteiger partial charge >= 0.3 is 0 Å². The van der Waals surface area contributed by atoms with Crippen molar-refractivity contribution in [3.63, 3.8) is 0 Å². The maximum atomic E-state index is 12.7. The Balaban J connectivity index is 2.20. The number of rotatable bonds is 10. The van der Waals surface area contributed by atoms with Crippen LogP contribution in [0.3, 0.4) is 0 Å². The van der Waals surface area contributed by atoms with Gasteiger partial charge in [0.1, 0.15) is 6.04 Å². The fourth-order valence-corrected chi connectivity index (χ4v) is 6.04. The van der Waals surface area contributed by atoms with Crippen molar-refractivity contribution >= 4 is 49.2 Å². The Morgan fingerprint density at radius 3 is 2.70 bits per heavy atom. The first-order valence-electron chi connectivity index (χ1n) is 8.78. The highest BCUT2D eigenvalue weighted by Gasteiger charge is 2.28. The maximum Gasteiger partial charge on any atom is 0.261 e. The minimum Gasteiger partial charge on any atom is -0.289 e. The van der Waals surface area contributed by atoms with Gasteiger partial charge < -0.3 is 0 Å². The number of amides is 1. The van der Waals surface area contributed by atoms with Crippen molar-refractivity contribution in [3.8, 4) is 0 Å². The van der Waals surface area contributed by atoms with Gasteiger partial charge in [0.2, 0.25) is 10.0 Å². The number of thiazole rings is 1. The average Bonchev–Trinajstić information content (AvgIpc) is 3.04. The van der Waals surface area contributed by atoms with Crippen LogP contribution in [-0.2, 0) is 14.8 Å².